The molecule has 1 aromatic heterocycles. The molecular formula is C12H21N3O. The molecule has 0 amide bonds. The normalized spacial score (nSPS) is 13.1. The zero-order chi connectivity index (χ0) is 12.1. The van der Waals surface area contributed by atoms with Crippen LogP contribution in [-0.4, -0.2) is 30.0 Å². The number of aryl methyl sites for hydroxylation is 2. The van der Waals surface area contributed by atoms with Crippen LogP contribution in [0.25, 0.3) is 0 Å². The second kappa shape index (κ2) is 5.92. The lowest BCUT2D eigenvalue weighted by molar-refractivity contribution is 0.0624. The van der Waals surface area contributed by atoms with Crippen molar-refractivity contribution in [3.05, 3.63) is 23.0 Å². The van der Waals surface area contributed by atoms with Crippen molar-refractivity contribution in [3.63, 3.8) is 0 Å². The van der Waals surface area contributed by atoms with Crippen LogP contribution in [-0.2, 0) is 4.74 Å². The van der Waals surface area contributed by atoms with Gasteiger partial charge in [0.1, 0.15) is 0 Å². The number of hydrogen-bond donors (Lipinski definition) is 1. The average Bonchev–Trinajstić information content (AvgIpc) is 2.23. The van der Waals surface area contributed by atoms with Crippen molar-refractivity contribution in [2.45, 2.75) is 39.8 Å². The summed E-state index contributed by atoms with van der Waals surface area (Å²) in [5.41, 5.74) is 3.05. The number of aromatic nitrogens is 2. The summed E-state index contributed by atoms with van der Waals surface area (Å²) in [4.78, 5) is 0. The summed E-state index contributed by atoms with van der Waals surface area (Å²) >= 11 is 0. The molecule has 0 fully saturated rings. The zero-order valence-corrected chi connectivity index (χ0v) is 10.7. The van der Waals surface area contributed by atoms with E-state index in [0.717, 1.165) is 17.0 Å². The van der Waals surface area contributed by atoms with Crippen molar-refractivity contribution in [1.29, 1.82) is 0 Å². The maximum absolute atomic E-state index is 5.63. The Labute approximate surface area is 97.4 Å². The molecule has 0 aromatic carbocycles. The number of nitrogens with zero attached hydrogens (tertiary/aromatic N) is 2. The smallest absolute Gasteiger partial charge is 0.0665 e. The fraction of sp³-hybridized carbons (Fsp3) is 0.667. The first kappa shape index (κ1) is 13.1. The number of rotatable bonds is 5. The largest absolute Gasteiger partial charge is 0.377 e. The second-order valence-corrected chi connectivity index (χ2v) is 4.25. The SMILES string of the molecule is CNC(COC(C)C)c1cc(C)nnc1C. The topological polar surface area (TPSA) is 47.0 Å². The van der Waals surface area contributed by atoms with E-state index in [-0.39, 0.29) is 12.1 Å². The maximum atomic E-state index is 5.63. The molecule has 1 heterocycles. The minimum Gasteiger partial charge on any atom is -0.377 e. The average molecular weight is 223 g/mol. The summed E-state index contributed by atoms with van der Waals surface area (Å²) in [5.74, 6) is 0. The van der Waals surface area contributed by atoms with Gasteiger partial charge in [0.15, 0.2) is 0 Å². The van der Waals surface area contributed by atoms with Gasteiger partial charge in [0.2, 0.25) is 0 Å². The molecule has 90 valence electrons. The van der Waals surface area contributed by atoms with E-state index >= 15 is 0 Å². The Kier molecular flexibility index (Phi) is 4.83. The first-order valence-corrected chi connectivity index (χ1v) is 5.64. The number of hydrogen-bond acceptors (Lipinski definition) is 4. The van der Waals surface area contributed by atoms with Gasteiger partial charge >= 0.3 is 0 Å². The Morgan fingerprint density at radius 2 is 2.00 bits per heavy atom. The number of nitrogens with one attached hydrogen (secondary N) is 1. The third-order valence-electron chi connectivity index (χ3n) is 2.46. The highest BCUT2D eigenvalue weighted by Gasteiger charge is 2.14. The van der Waals surface area contributed by atoms with Crippen LogP contribution in [0.2, 0.25) is 0 Å². The lowest BCUT2D eigenvalue weighted by Gasteiger charge is -2.19. The highest BCUT2D eigenvalue weighted by atomic mass is 16.5. The van der Waals surface area contributed by atoms with Crippen molar-refractivity contribution in [3.8, 4) is 0 Å². The van der Waals surface area contributed by atoms with Crippen molar-refractivity contribution in [2.24, 2.45) is 0 Å². The molecule has 1 atom stereocenters. The molecule has 1 aromatic rings. The fourth-order valence-electron chi connectivity index (χ4n) is 1.54. The van der Waals surface area contributed by atoms with Crippen LogP contribution in [0.5, 0.6) is 0 Å². The minimum atomic E-state index is 0.177. The molecule has 4 nitrogen and oxygen atoms in total. The van der Waals surface area contributed by atoms with Crippen LogP contribution in [0, 0.1) is 13.8 Å². The van der Waals surface area contributed by atoms with Gasteiger partial charge in [0.05, 0.1) is 30.1 Å². The summed E-state index contributed by atoms with van der Waals surface area (Å²) in [6.07, 6.45) is 0.243. The van der Waals surface area contributed by atoms with Crippen LogP contribution >= 0.6 is 0 Å². The summed E-state index contributed by atoms with van der Waals surface area (Å²) in [5, 5.41) is 11.4. The van der Waals surface area contributed by atoms with Gasteiger partial charge < -0.3 is 10.1 Å². The van der Waals surface area contributed by atoms with Gasteiger partial charge in [0.25, 0.3) is 0 Å². The molecular weight excluding hydrogens is 202 g/mol. The fourth-order valence-corrected chi connectivity index (χ4v) is 1.54. The van der Waals surface area contributed by atoms with E-state index in [1.165, 1.54) is 0 Å². The van der Waals surface area contributed by atoms with E-state index in [2.05, 4.69) is 21.6 Å². The zero-order valence-electron chi connectivity index (χ0n) is 10.7. The molecule has 0 radical (unpaired) electrons. The first-order chi connectivity index (χ1) is 7.54. The van der Waals surface area contributed by atoms with E-state index in [4.69, 9.17) is 4.74 Å². The van der Waals surface area contributed by atoms with Crippen LogP contribution in [0.4, 0.5) is 0 Å². The molecule has 1 unspecified atom stereocenters. The molecule has 1 rings (SSSR count). The lowest BCUT2D eigenvalue weighted by Crippen LogP contribution is -2.25. The predicted molar refractivity (Wildman–Crippen MR) is 64.4 cm³/mol. The highest BCUT2D eigenvalue weighted by Crippen LogP contribution is 2.16. The van der Waals surface area contributed by atoms with Gasteiger partial charge in [0, 0.05) is 0 Å². The second-order valence-electron chi connectivity index (χ2n) is 4.25. The van der Waals surface area contributed by atoms with Crippen molar-refractivity contribution in [1.82, 2.24) is 15.5 Å². The molecule has 16 heavy (non-hydrogen) atoms. The van der Waals surface area contributed by atoms with Crippen LogP contribution in [0.3, 0.4) is 0 Å². The lowest BCUT2D eigenvalue weighted by atomic mass is 10.1. The molecule has 1 N–H and O–H groups in total. The molecule has 0 bridgehead atoms. The van der Waals surface area contributed by atoms with E-state index in [9.17, 15) is 0 Å². The van der Waals surface area contributed by atoms with Crippen molar-refractivity contribution >= 4 is 0 Å². The van der Waals surface area contributed by atoms with Gasteiger partial charge in [-0.1, -0.05) is 0 Å². The third-order valence-corrected chi connectivity index (χ3v) is 2.46. The summed E-state index contributed by atoms with van der Waals surface area (Å²) in [6, 6.07) is 2.24. The number of likely N-dealkylation sites (N-methyl/N-ethyl adjacent to an activating group) is 1. The van der Waals surface area contributed by atoms with Crippen molar-refractivity contribution < 1.29 is 4.74 Å². The Morgan fingerprint density at radius 1 is 1.31 bits per heavy atom. The summed E-state index contributed by atoms with van der Waals surface area (Å²) < 4.78 is 5.63. The molecule has 0 saturated carbocycles. The standard InChI is InChI=1S/C12H21N3O/c1-8(2)16-7-12(13-5)11-6-9(3)14-15-10(11)4/h6,8,12-13H,7H2,1-5H3. The Balaban J connectivity index is 2.81. The van der Waals surface area contributed by atoms with Gasteiger partial charge in [-0.25, -0.2) is 0 Å². The van der Waals surface area contributed by atoms with Crippen LogP contribution in [0.1, 0.15) is 36.8 Å². The first-order valence-electron chi connectivity index (χ1n) is 5.64. The quantitative estimate of drug-likeness (QED) is 0.826. The van der Waals surface area contributed by atoms with Crippen LogP contribution in [0.15, 0.2) is 6.07 Å². The van der Waals surface area contributed by atoms with E-state index < -0.39 is 0 Å². The van der Waals surface area contributed by atoms with E-state index in [1.54, 1.807) is 0 Å². The molecule has 0 aliphatic carbocycles. The van der Waals surface area contributed by atoms with Gasteiger partial charge in [-0.15, -0.1) is 0 Å². The van der Waals surface area contributed by atoms with Crippen LogP contribution < -0.4 is 5.32 Å². The summed E-state index contributed by atoms with van der Waals surface area (Å²) in [7, 11) is 1.93. The third kappa shape index (κ3) is 3.54. The summed E-state index contributed by atoms with van der Waals surface area (Å²) in [6.45, 7) is 8.65. The maximum Gasteiger partial charge on any atom is 0.0665 e. The van der Waals surface area contributed by atoms with Gasteiger partial charge in [-0.05, 0) is 46.4 Å². The van der Waals surface area contributed by atoms with Crippen molar-refractivity contribution in [2.75, 3.05) is 13.7 Å². The Bertz CT molecular complexity index is 339. The molecule has 0 aliphatic heterocycles. The molecule has 0 aliphatic rings. The minimum absolute atomic E-state index is 0.177. The van der Waals surface area contributed by atoms with Gasteiger partial charge in [-0.2, -0.15) is 10.2 Å². The Hall–Kier alpha value is -1.00. The Morgan fingerprint density at radius 3 is 2.56 bits per heavy atom. The molecule has 0 spiro atoms. The van der Waals surface area contributed by atoms with E-state index in [0.29, 0.717) is 6.61 Å². The van der Waals surface area contributed by atoms with Gasteiger partial charge in [-0.3, -0.25) is 0 Å². The molecule has 0 saturated heterocycles. The van der Waals surface area contributed by atoms with E-state index in [1.807, 2.05) is 34.7 Å². The highest BCUT2D eigenvalue weighted by molar-refractivity contribution is 5.23. The number of ether oxygens (including phenoxy) is 1. The molecule has 4 heteroatoms. The monoisotopic (exact) mass is 223 g/mol. The predicted octanol–water partition coefficient (Wildman–Crippen LogP) is 1.78.